The Kier molecular flexibility index (Phi) is 5.40. The molecular weight excluding hydrogens is 264 g/mol. The highest BCUT2D eigenvalue weighted by molar-refractivity contribution is 5.95. The normalized spacial score (nSPS) is 10.6. The molecule has 0 fully saturated rings. The smallest absolute Gasteiger partial charge is 0.253 e. The van der Waals surface area contributed by atoms with Gasteiger partial charge in [-0.15, -0.1) is 0 Å². The van der Waals surface area contributed by atoms with Crippen molar-refractivity contribution in [2.24, 2.45) is 0 Å². The fourth-order valence-electron chi connectivity index (χ4n) is 1.97. The average molecular weight is 284 g/mol. The molecule has 0 atom stereocenters. The zero-order valence-corrected chi connectivity index (χ0v) is 12.4. The van der Waals surface area contributed by atoms with Gasteiger partial charge in [0.2, 0.25) is 0 Å². The van der Waals surface area contributed by atoms with Gasteiger partial charge in [0.25, 0.3) is 5.91 Å². The Morgan fingerprint density at radius 2 is 2.05 bits per heavy atom. The minimum Gasteiger partial charge on any atom is -0.351 e. The lowest BCUT2D eigenvalue weighted by Crippen LogP contribution is -2.32. The van der Waals surface area contributed by atoms with Crippen molar-refractivity contribution in [3.8, 4) is 0 Å². The van der Waals surface area contributed by atoms with Gasteiger partial charge in [-0.1, -0.05) is 6.07 Å². The van der Waals surface area contributed by atoms with E-state index in [2.05, 4.69) is 15.3 Å². The number of pyridine rings is 2. The van der Waals surface area contributed by atoms with E-state index in [1.165, 1.54) is 0 Å². The molecular formula is C16H20N4O. The molecule has 21 heavy (non-hydrogen) atoms. The van der Waals surface area contributed by atoms with Gasteiger partial charge in [-0.05, 0) is 37.9 Å². The van der Waals surface area contributed by atoms with E-state index in [1.807, 2.05) is 37.2 Å². The van der Waals surface area contributed by atoms with E-state index in [4.69, 9.17) is 0 Å². The number of carbonyl (C=O) groups is 1. The fourth-order valence-corrected chi connectivity index (χ4v) is 1.97. The Bertz CT molecular complexity index is 584. The Morgan fingerprint density at radius 1 is 1.24 bits per heavy atom. The molecule has 0 unspecified atom stereocenters. The molecule has 2 aromatic heterocycles. The van der Waals surface area contributed by atoms with Crippen molar-refractivity contribution in [3.05, 3.63) is 59.7 Å². The van der Waals surface area contributed by atoms with Gasteiger partial charge in [0.15, 0.2) is 0 Å². The van der Waals surface area contributed by atoms with E-state index in [0.29, 0.717) is 18.5 Å². The molecule has 2 aromatic rings. The van der Waals surface area contributed by atoms with E-state index in [0.717, 1.165) is 17.8 Å². The molecule has 1 N–H and O–H groups in total. The molecule has 0 spiro atoms. The molecule has 0 aliphatic heterocycles. The molecule has 0 saturated carbocycles. The van der Waals surface area contributed by atoms with Gasteiger partial charge < -0.3 is 10.2 Å². The fraction of sp³-hybridized carbons (Fsp3) is 0.312. The third-order valence-corrected chi connectivity index (χ3v) is 3.07. The van der Waals surface area contributed by atoms with Gasteiger partial charge in [-0.3, -0.25) is 14.8 Å². The van der Waals surface area contributed by atoms with Crippen LogP contribution in [0.3, 0.4) is 0 Å². The summed E-state index contributed by atoms with van der Waals surface area (Å²) in [4.78, 5) is 22.7. The summed E-state index contributed by atoms with van der Waals surface area (Å²) in [7, 11) is 3.95. The molecule has 5 heteroatoms. The number of likely N-dealkylation sites (N-methyl/N-ethyl adjacent to an activating group) is 1. The molecule has 110 valence electrons. The summed E-state index contributed by atoms with van der Waals surface area (Å²) in [5.74, 6) is -0.0798. The number of nitrogens with one attached hydrogen (secondary N) is 1. The SMILES string of the molecule is CN(C)CCNC(=O)c1cccnc1Cc1cccnc1. The molecule has 5 nitrogen and oxygen atoms in total. The van der Waals surface area contributed by atoms with E-state index < -0.39 is 0 Å². The zero-order chi connectivity index (χ0) is 15.1. The zero-order valence-electron chi connectivity index (χ0n) is 12.4. The van der Waals surface area contributed by atoms with Crippen molar-refractivity contribution >= 4 is 5.91 Å². The minimum atomic E-state index is -0.0798. The molecule has 0 aliphatic rings. The van der Waals surface area contributed by atoms with Gasteiger partial charge in [-0.25, -0.2) is 0 Å². The Balaban J connectivity index is 2.07. The maximum Gasteiger partial charge on any atom is 0.253 e. The van der Waals surface area contributed by atoms with Crippen LogP contribution in [-0.2, 0) is 6.42 Å². The van der Waals surface area contributed by atoms with Gasteiger partial charge in [0, 0.05) is 38.1 Å². The molecule has 1 amide bonds. The lowest BCUT2D eigenvalue weighted by Gasteiger charge is -2.12. The summed E-state index contributed by atoms with van der Waals surface area (Å²) in [6.45, 7) is 1.43. The Labute approximate surface area is 125 Å². The van der Waals surface area contributed by atoms with Crippen LogP contribution in [0.15, 0.2) is 42.9 Å². The van der Waals surface area contributed by atoms with Crippen LogP contribution in [0.5, 0.6) is 0 Å². The third-order valence-electron chi connectivity index (χ3n) is 3.07. The first kappa shape index (κ1) is 15.1. The third kappa shape index (κ3) is 4.65. The van der Waals surface area contributed by atoms with E-state index in [1.54, 1.807) is 24.7 Å². The van der Waals surface area contributed by atoms with Crippen molar-refractivity contribution in [1.29, 1.82) is 0 Å². The minimum absolute atomic E-state index is 0.0798. The van der Waals surface area contributed by atoms with Crippen LogP contribution in [-0.4, -0.2) is 48.0 Å². The molecule has 2 heterocycles. The highest BCUT2D eigenvalue weighted by atomic mass is 16.1. The predicted octanol–water partition coefficient (Wildman–Crippen LogP) is 1.36. The van der Waals surface area contributed by atoms with E-state index in [-0.39, 0.29) is 5.91 Å². The second-order valence-electron chi connectivity index (χ2n) is 5.09. The summed E-state index contributed by atoms with van der Waals surface area (Å²) < 4.78 is 0. The largest absolute Gasteiger partial charge is 0.351 e. The lowest BCUT2D eigenvalue weighted by molar-refractivity contribution is 0.0950. The lowest BCUT2D eigenvalue weighted by atomic mass is 10.1. The quantitative estimate of drug-likeness (QED) is 0.870. The first-order valence-electron chi connectivity index (χ1n) is 6.92. The average Bonchev–Trinajstić information content (AvgIpc) is 2.48. The highest BCUT2D eigenvalue weighted by Crippen LogP contribution is 2.11. The van der Waals surface area contributed by atoms with Crippen LogP contribution in [0.1, 0.15) is 21.6 Å². The maximum atomic E-state index is 12.3. The van der Waals surface area contributed by atoms with Gasteiger partial charge in [0.1, 0.15) is 0 Å². The second kappa shape index (κ2) is 7.50. The summed E-state index contributed by atoms with van der Waals surface area (Å²) in [6.07, 6.45) is 5.84. The molecule has 2 rings (SSSR count). The Hall–Kier alpha value is -2.27. The standard InChI is InChI=1S/C16H20N4O/c1-20(2)10-9-19-16(21)14-6-4-8-18-15(14)11-13-5-3-7-17-12-13/h3-8,12H,9-11H2,1-2H3,(H,19,21). The molecule has 0 saturated heterocycles. The van der Waals surface area contributed by atoms with Crippen molar-refractivity contribution in [2.45, 2.75) is 6.42 Å². The van der Waals surface area contributed by atoms with Crippen molar-refractivity contribution in [1.82, 2.24) is 20.2 Å². The number of nitrogens with zero attached hydrogens (tertiary/aromatic N) is 3. The van der Waals surface area contributed by atoms with Crippen LogP contribution in [0.2, 0.25) is 0 Å². The number of aromatic nitrogens is 2. The van der Waals surface area contributed by atoms with Gasteiger partial charge in [-0.2, -0.15) is 0 Å². The number of hydrogen-bond donors (Lipinski definition) is 1. The van der Waals surface area contributed by atoms with Crippen molar-refractivity contribution in [2.75, 3.05) is 27.2 Å². The molecule has 0 aliphatic carbocycles. The van der Waals surface area contributed by atoms with Gasteiger partial charge in [0.05, 0.1) is 11.3 Å². The number of hydrogen-bond acceptors (Lipinski definition) is 4. The molecule has 0 aromatic carbocycles. The first-order valence-corrected chi connectivity index (χ1v) is 6.92. The van der Waals surface area contributed by atoms with E-state index >= 15 is 0 Å². The van der Waals surface area contributed by atoms with Crippen LogP contribution in [0.4, 0.5) is 0 Å². The van der Waals surface area contributed by atoms with Gasteiger partial charge >= 0.3 is 0 Å². The highest BCUT2D eigenvalue weighted by Gasteiger charge is 2.12. The van der Waals surface area contributed by atoms with Crippen LogP contribution in [0.25, 0.3) is 0 Å². The van der Waals surface area contributed by atoms with Crippen molar-refractivity contribution in [3.63, 3.8) is 0 Å². The second-order valence-corrected chi connectivity index (χ2v) is 5.09. The van der Waals surface area contributed by atoms with Crippen molar-refractivity contribution < 1.29 is 4.79 Å². The number of rotatable bonds is 6. The summed E-state index contributed by atoms with van der Waals surface area (Å²) in [5, 5.41) is 2.92. The van der Waals surface area contributed by atoms with Crippen LogP contribution >= 0.6 is 0 Å². The molecule has 0 radical (unpaired) electrons. The predicted molar refractivity (Wildman–Crippen MR) is 82.2 cm³/mol. The van der Waals surface area contributed by atoms with Crippen LogP contribution < -0.4 is 5.32 Å². The summed E-state index contributed by atoms with van der Waals surface area (Å²) >= 11 is 0. The van der Waals surface area contributed by atoms with Crippen LogP contribution in [0, 0.1) is 0 Å². The number of amides is 1. The first-order chi connectivity index (χ1) is 10.2. The summed E-state index contributed by atoms with van der Waals surface area (Å²) in [5.41, 5.74) is 2.44. The monoisotopic (exact) mass is 284 g/mol. The van der Waals surface area contributed by atoms with E-state index in [9.17, 15) is 4.79 Å². The number of carbonyl (C=O) groups excluding carboxylic acids is 1. The Morgan fingerprint density at radius 3 is 2.76 bits per heavy atom. The topological polar surface area (TPSA) is 58.1 Å². The molecule has 0 bridgehead atoms. The maximum absolute atomic E-state index is 12.3. The summed E-state index contributed by atoms with van der Waals surface area (Å²) in [6, 6.07) is 7.46.